The van der Waals surface area contributed by atoms with Gasteiger partial charge in [-0.2, -0.15) is 0 Å². The van der Waals surface area contributed by atoms with Crippen molar-refractivity contribution in [3.05, 3.63) is 5.82 Å². The average Bonchev–Trinajstić information content (AvgIpc) is 3.20. The molecule has 2 aliphatic rings. The van der Waals surface area contributed by atoms with Gasteiger partial charge in [-0.25, -0.2) is 4.68 Å². The predicted octanol–water partition coefficient (Wildman–Crippen LogP) is 1.69. The summed E-state index contributed by atoms with van der Waals surface area (Å²) in [5, 5.41) is 20.9. The van der Waals surface area contributed by atoms with Crippen molar-refractivity contribution in [1.82, 2.24) is 20.2 Å². The molecule has 6 nitrogen and oxygen atoms in total. The van der Waals surface area contributed by atoms with Crippen LogP contribution in [0.25, 0.3) is 0 Å². The van der Waals surface area contributed by atoms with Crippen LogP contribution in [0.5, 0.6) is 0 Å². The lowest BCUT2D eigenvalue weighted by Gasteiger charge is -2.16. The molecule has 0 bridgehead atoms. The van der Waals surface area contributed by atoms with Gasteiger partial charge in [-0.05, 0) is 53.9 Å². The van der Waals surface area contributed by atoms with Gasteiger partial charge in [0.15, 0.2) is 5.82 Å². The molecule has 3 rings (SSSR count). The number of hydrogen-bond donors (Lipinski definition) is 1. The largest absolute Gasteiger partial charge is 0.481 e. The van der Waals surface area contributed by atoms with E-state index in [9.17, 15) is 4.79 Å². The Bertz CT molecular complexity index is 453. The first-order valence-corrected chi connectivity index (χ1v) is 7.13. The van der Waals surface area contributed by atoms with E-state index < -0.39 is 5.97 Å². The second-order valence-electron chi connectivity index (χ2n) is 6.12. The van der Waals surface area contributed by atoms with E-state index in [1.807, 2.05) is 11.6 Å². The van der Waals surface area contributed by atoms with Crippen LogP contribution >= 0.6 is 0 Å². The Balaban J connectivity index is 1.72. The number of carbonyl (C=O) groups is 1. The molecule has 19 heavy (non-hydrogen) atoms. The standard InChI is InChI=1S/C13H20N4O2/c1-8(6-11(18)19)7-17-13(14-15-16-17)12(9-2-3-9)10-4-5-10/h8-10,12H,2-7H2,1H3,(H,18,19). The summed E-state index contributed by atoms with van der Waals surface area (Å²) < 4.78 is 1.84. The number of carboxylic acid groups (broad SMARTS) is 1. The van der Waals surface area contributed by atoms with E-state index in [1.165, 1.54) is 25.7 Å². The first kappa shape index (κ1) is 12.6. The van der Waals surface area contributed by atoms with Crippen LogP contribution in [0.4, 0.5) is 0 Å². The zero-order valence-electron chi connectivity index (χ0n) is 11.2. The minimum absolute atomic E-state index is 0.0545. The maximum absolute atomic E-state index is 10.7. The SMILES string of the molecule is CC(CC(=O)O)Cn1nnnc1C(C1CC1)C1CC1. The van der Waals surface area contributed by atoms with E-state index in [1.54, 1.807) is 0 Å². The van der Waals surface area contributed by atoms with Gasteiger partial charge < -0.3 is 5.11 Å². The second-order valence-corrected chi connectivity index (χ2v) is 6.12. The van der Waals surface area contributed by atoms with Crippen LogP contribution in [-0.4, -0.2) is 31.3 Å². The maximum Gasteiger partial charge on any atom is 0.303 e. The summed E-state index contributed by atoms with van der Waals surface area (Å²) in [6, 6.07) is 0. The molecule has 1 unspecified atom stereocenters. The third-order valence-corrected chi connectivity index (χ3v) is 4.13. The Morgan fingerprint density at radius 1 is 1.37 bits per heavy atom. The molecule has 104 valence electrons. The minimum Gasteiger partial charge on any atom is -0.481 e. The highest BCUT2D eigenvalue weighted by Gasteiger charge is 2.45. The van der Waals surface area contributed by atoms with Crippen LogP contribution in [0.1, 0.15) is 50.8 Å². The quantitative estimate of drug-likeness (QED) is 0.810. The van der Waals surface area contributed by atoms with Crippen molar-refractivity contribution in [2.75, 3.05) is 0 Å². The van der Waals surface area contributed by atoms with Crippen molar-refractivity contribution in [2.24, 2.45) is 17.8 Å². The molecule has 2 fully saturated rings. The Morgan fingerprint density at radius 2 is 2.00 bits per heavy atom. The number of rotatable bonds is 7. The Labute approximate surface area is 112 Å². The number of tetrazole rings is 1. The Hall–Kier alpha value is -1.46. The molecule has 6 heteroatoms. The average molecular weight is 264 g/mol. The first-order chi connectivity index (χ1) is 9.15. The van der Waals surface area contributed by atoms with E-state index in [0.29, 0.717) is 12.5 Å². The molecular weight excluding hydrogens is 244 g/mol. The van der Waals surface area contributed by atoms with Gasteiger partial charge in [-0.15, -0.1) is 5.10 Å². The van der Waals surface area contributed by atoms with Gasteiger partial charge in [0.1, 0.15) is 0 Å². The van der Waals surface area contributed by atoms with Crippen LogP contribution in [-0.2, 0) is 11.3 Å². The van der Waals surface area contributed by atoms with Gasteiger partial charge in [0.25, 0.3) is 0 Å². The highest BCUT2D eigenvalue weighted by Crippen LogP contribution is 2.53. The summed E-state index contributed by atoms with van der Waals surface area (Å²) in [5.74, 6) is 2.30. The van der Waals surface area contributed by atoms with E-state index in [2.05, 4.69) is 15.5 Å². The van der Waals surface area contributed by atoms with Crippen molar-refractivity contribution in [3.63, 3.8) is 0 Å². The van der Waals surface area contributed by atoms with E-state index in [0.717, 1.165) is 17.7 Å². The third-order valence-electron chi connectivity index (χ3n) is 4.13. The molecule has 1 aromatic rings. The number of nitrogens with zero attached hydrogens (tertiary/aromatic N) is 4. The lowest BCUT2D eigenvalue weighted by atomic mass is 9.96. The zero-order valence-corrected chi connectivity index (χ0v) is 11.2. The summed E-state index contributed by atoms with van der Waals surface area (Å²) in [6.45, 7) is 2.54. The van der Waals surface area contributed by atoms with Crippen LogP contribution in [0.15, 0.2) is 0 Å². The topological polar surface area (TPSA) is 80.9 Å². The lowest BCUT2D eigenvalue weighted by Crippen LogP contribution is -2.18. The van der Waals surface area contributed by atoms with Crippen molar-refractivity contribution < 1.29 is 9.90 Å². The van der Waals surface area contributed by atoms with Crippen molar-refractivity contribution >= 4 is 5.97 Å². The molecule has 0 amide bonds. The van der Waals surface area contributed by atoms with Gasteiger partial charge in [0, 0.05) is 18.9 Å². The summed E-state index contributed by atoms with van der Waals surface area (Å²) in [4.78, 5) is 10.7. The summed E-state index contributed by atoms with van der Waals surface area (Å²) in [5.41, 5.74) is 0. The number of hydrogen-bond acceptors (Lipinski definition) is 4. The normalized spacial score (nSPS) is 20.7. The van der Waals surface area contributed by atoms with Gasteiger partial charge in [0.2, 0.25) is 0 Å². The van der Waals surface area contributed by atoms with Crippen molar-refractivity contribution in [2.45, 2.75) is 51.5 Å². The Morgan fingerprint density at radius 3 is 2.53 bits per heavy atom. The molecule has 1 heterocycles. The third kappa shape index (κ3) is 2.93. The summed E-state index contributed by atoms with van der Waals surface area (Å²) in [6.07, 6.45) is 5.33. The molecular formula is C13H20N4O2. The van der Waals surface area contributed by atoms with Gasteiger partial charge in [-0.1, -0.05) is 6.92 Å². The van der Waals surface area contributed by atoms with Crippen LogP contribution in [0.2, 0.25) is 0 Å². The van der Waals surface area contributed by atoms with Gasteiger partial charge in [-0.3, -0.25) is 4.79 Å². The number of aliphatic carboxylic acids is 1. The van der Waals surface area contributed by atoms with E-state index in [4.69, 9.17) is 5.11 Å². The maximum atomic E-state index is 10.7. The molecule has 1 atom stereocenters. The molecule has 2 aliphatic carbocycles. The smallest absolute Gasteiger partial charge is 0.303 e. The zero-order chi connectivity index (χ0) is 13.4. The first-order valence-electron chi connectivity index (χ1n) is 7.13. The van der Waals surface area contributed by atoms with Gasteiger partial charge >= 0.3 is 5.97 Å². The molecule has 2 saturated carbocycles. The van der Waals surface area contributed by atoms with Crippen LogP contribution in [0.3, 0.4) is 0 Å². The number of aromatic nitrogens is 4. The monoisotopic (exact) mass is 264 g/mol. The predicted molar refractivity (Wildman–Crippen MR) is 67.4 cm³/mol. The lowest BCUT2D eigenvalue weighted by molar-refractivity contribution is -0.138. The molecule has 1 aromatic heterocycles. The van der Waals surface area contributed by atoms with Crippen molar-refractivity contribution in [1.29, 1.82) is 0 Å². The fourth-order valence-corrected chi connectivity index (χ4v) is 2.96. The molecule has 0 saturated heterocycles. The van der Waals surface area contributed by atoms with E-state index in [-0.39, 0.29) is 12.3 Å². The summed E-state index contributed by atoms with van der Waals surface area (Å²) in [7, 11) is 0. The number of carboxylic acids is 1. The highest BCUT2D eigenvalue weighted by molar-refractivity contribution is 5.66. The molecule has 0 aromatic carbocycles. The van der Waals surface area contributed by atoms with Gasteiger partial charge in [0.05, 0.1) is 0 Å². The van der Waals surface area contributed by atoms with Crippen LogP contribution < -0.4 is 0 Å². The fourth-order valence-electron chi connectivity index (χ4n) is 2.96. The summed E-state index contributed by atoms with van der Waals surface area (Å²) >= 11 is 0. The molecule has 0 radical (unpaired) electrons. The second kappa shape index (κ2) is 4.90. The minimum atomic E-state index is -0.761. The highest BCUT2D eigenvalue weighted by atomic mass is 16.4. The molecule has 0 spiro atoms. The van der Waals surface area contributed by atoms with Crippen LogP contribution in [0, 0.1) is 17.8 Å². The Kier molecular flexibility index (Phi) is 3.24. The van der Waals surface area contributed by atoms with E-state index >= 15 is 0 Å². The van der Waals surface area contributed by atoms with Crippen molar-refractivity contribution in [3.8, 4) is 0 Å². The fraction of sp³-hybridized carbons (Fsp3) is 0.846. The molecule has 0 aliphatic heterocycles. The molecule has 1 N–H and O–H groups in total.